The zero-order chi connectivity index (χ0) is 53.4. The number of unbranched alkanes of at least 4 members (excludes halogenated alkanes) is 8. The van der Waals surface area contributed by atoms with Gasteiger partial charge in [0.1, 0.15) is 31.0 Å². The fourth-order valence-electron chi connectivity index (χ4n) is 8.18. The third-order valence-electron chi connectivity index (χ3n) is 12.3. The van der Waals surface area contributed by atoms with Gasteiger partial charge >= 0.3 is 27.6 Å². The maximum atomic E-state index is 13.8. The first kappa shape index (κ1) is 65.4. The number of ether oxygens (including phenoxy) is 2. The fraction of sp³-hybridized carbons (Fsp3) is 0.725. The Bertz CT molecular complexity index is 1780. The Hall–Kier alpha value is -2.68. The monoisotopic (exact) mass is 1060 g/mol. The molecule has 0 radical (unpaired) electrons. The number of carbonyl (C=O) groups is 2. The lowest BCUT2D eigenvalue weighted by Gasteiger charge is -2.38. The van der Waals surface area contributed by atoms with Crippen molar-refractivity contribution < 1.29 is 92.2 Å². The maximum absolute atomic E-state index is 13.8. The van der Waals surface area contributed by atoms with E-state index in [-0.39, 0.29) is 38.5 Å². The number of fused-ring (bicyclic) bond motifs is 4. The van der Waals surface area contributed by atoms with Crippen LogP contribution in [0.25, 0.3) is 0 Å². The molecule has 0 aromatic rings. The molecule has 1 aliphatic heterocycles. The number of cyclic esters (lactones) is 1. The molecule has 0 saturated heterocycles. The predicted molar refractivity (Wildman–Crippen MR) is 271 cm³/mol. The number of aliphatic hydroxyl groups is 7. The summed E-state index contributed by atoms with van der Waals surface area (Å²) >= 11 is 0. The van der Waals surface area contributed by atoms with Crippen LogP contribution in [0, 0.1) is 11.8 Å². The molecule has 1 fully saturated rings. The standard InChI is InChI=1S/C51H86O19P2/c1-3-5-7-8-9-10-11-12-13-14-15-16-17-18-19-20-21-22-28-32-45(56)68-39-36-66-44(55)31-27-24-23-26-30-40-42(53)35-43(54)41(34-33-38(52)29-25-6-4-2)47(58)50(69-71(61,62)63)51(49(60)48(59)46(40)57)70-72(64,65)67-37-39/h9-10,12-13,15-16,18-19,23,26,33-34,38-43,46-54,57-60H,3-8,11,14,17,20-22,24-25,27-32,35-37H2,1-2H3,(H,64,65)(H2,61,62,63)/b10-9-,13-12-,16-15-,19-18-,26-23+,34-33+/t38-,39+,40-,41-,42-,43+,46+,47+,48-,49+,50+,51-/m0/s1. The summed E-state index contributed by atoms with van der Waals surface area (Å²) in [5.74, 6) is -4.58. The third kappa shape index (κ3) is 28.3. The summed E-state index contributed by atoms with van der Waals surface area (Å²) in [6, 6.07) is 0. The molecule has 10 N–H and O–H groups in total. The first-order valence-electron chi connectivity index (χ1n) is 25.7. The van der Waals surface area contributed by atoms with Crippen molar-refractivity contribution in [2.24, 2.45) is 11.8 Å². The lowest BCUT2D eigenvalue weighted by Crippen LogP contribution is -2.56. The summed E-state index contributed by atoms with van der Waals surface area (Å²) in [4.78, 5) is 56.9. The summed E-state index contributed by atoms with van der Waals surface area (Å²) in [7, 11) is -11.5. The average Bonchev–Trinajstić information content (AvgIpc) is 3.32. The minimum Gasteiger partial charge on any atom is -0.462 e. The molecule has 19 nitrogen and oxygen atoms in total. The van der Waals surface area contributed by atoms with Crippen LogP contribution in [-0.2, 0) is 41.8 Å². The summed E-state index contributed by atoms with van der Waals surface area (Å²) in [5, 5.41) is 79.9. The number of esters is 2. The van der Waals surface area contributed by atoms with Crippen LogP contribution in [0.3, 0.4) is 0 Å². The van der Waals surface area contributed by atoms with E-state index in [1.807, 2.05) is 6.92 Å². The number of hydrogen-bond donors (Lipinski definition) is 10. The molecular formula is C51H86O19P2. The van der Waals surface area contributed by atoms with E-state index >= 15 is 0 Å². The van der Waals surface area contributed by atoms with Crippen LogP contribution in [0.5, 0.6) is 0 Å². The Labute approximate surface area is 426 Å². The molecule has 1 unspecified atom stereocenters. The lowest BCUT2D eigenvalue weighted by molar-refractivity contribution is -0.165. The van der Waals surface area contributed by atoms with Crippen molar-refractivity contribution in [1.29, 1.82) is 0 Å². The number of phosphoric ester groups is 2. The molecular weight excluding hydrogens is 978 g/mol. The van der Waals surface area contributed by atoms with E-state index in [9.17, 15) is 69.1 Å². The fourth-order valence-corrected chi connectivity index (χ4v) is 9.70. The number of aliphatic hydroxyl groups excluding tert-OH is 7. The summed E-state index contributed by atoms with van der Waals surface area (Å²) in [5.41, 5.74) is 0. The number of allylic oxidation sites excluding steroid dienone is 10. The Morgan fingerprint density at radius 2 is 1.40 bits per heavy atom. The van der Waals surface area contributed by atoms with Crippen LogP contribution >= 0.6 is 15.6 Å². The van der Waals surface area contributed by atoms with Crippen molar-refractivity contribution in [3.05, 3.63) is 72.9 Å². The number of carbonyl (C=O) groups excluding carboxylic acids is 2. The smallest absolute Gasteiger partial charge is 0.462 e. The van der Waals surface area contributed by atoms with Crippen molar-refractivity contribution in [2.45, 2.75) is 210 Å². The second-order valence-corrected chi connectivity index (χ2v) is 21.1. The van der Waals surface area contributed by atoms with Crippen LogP contribution in [0.2, 0.25) is 0 Å². The van der Waals surface area contributed by atoms with Gasteiger partial charge in [0.05, 0.1) is 37.1 Å². The molecule has 1 heterocycles. The SMILES string of the molecule is CCCCC/C=C\C/C=C\C/C=C\C/C=C\CCCCCC(=O)O[C@@H]1COC(=O)CCC/C=C/C[C@@H]2[C@@H](O)[C@H](O)[C@@H](O)[C@H](OP(=O)(O)OC1)[C@H](OP(=O)(O)O)[C@H](O)[C@@H](/C=C/[C@@H](O)CCCCC)[C@H](O)C[C@@H]2O. The predicted octanol–water partition coefficient (Wildman–Crippen LogP) is 6.78. The second kappa shape index (κ2) is 37.1. The highest BCUT2D eigenvalue weighted by Crippen LogP contribution is 2.50. The summed E-state index contributed by atoms with van der Waals surface area (Å²) < 4.78 is 52.3. The zero-order valence-electron chi connectivity index (χ0n) is 42.2. The molecule has 2 rings (SSSR count). The molecule has 2 aliphatic rings. The Balaban J connectivity index is 2.27. The van der Waals surface area contributed by atoms with Gasteiger partial charge in [0.15, 0.2) is 6.10 Å². The molecule has 1 aliphatic carbocycles. The Morgan fingerprint density at radius 3 is 2.03 bits per heavy atom. The van der Waals surface area contributed by atoms with E-state index in [0.29, 0.717) is 19.3 Å². The summed E-state index contributed by atoms with van der Waals surface area (Å²) in [6.07, 6.45) is 13.4. The second-order valence-electron chi connectivity index (χ2n) is 18.5. The van der Waals surface area contributed by atoms with Gasteiger partial charge in [-0.1, -0.05) is 125 Å². The minimum atomic E-state index is -5.78. The van der Waals surface area contributed by atoms with Gasteiger partial charge in [-0.05, 0) is 77.0 Å². The van der Waals surface area contributed by atoms with E-state index in [2.05, 4.69) is 55.5 Å². The van der Waals surface area contributed by atoms with Crippen molar-refractivity contribution in [1.82, 2.24) is 0 Å². The quantitative estimate of drug-likeness (QED) is 0.0195. The van der Waals surface area contributed by atoms with E-state index in [1.54, 1.807) is 6.08 Å². The summed E-state index contributed by atoms with van der Waals surface area (Å²) in [6.45, 7) is 2.52. The van der Waals surface area contributed by atoms with Crippen molar-refractivity contribution >= 4 is 27.6 Å². The van der Waals surface area contributed by atoms with Gasteiger partial charge in [-0.15, -0.1) is 0 Å². The molecule has 2 bridgehead atoms. The number of hydrogen-bond acceptors (Lipinski definition) is 16. The largest absolute Gasteiger partial charge is 0.472 e. The van der Waals surface area contributed by atoms with E-state index in [1.165, 1.54) is 31.4 Å². The van der Waals surface area contributed by atoms with Gasteiger partial charge in [0, 0.05) is 31.1 Å². The first-order chi connectivity index (χ1) is 34.3. The molecule has 0 amide bonds. The molecule has 0 spiro atoms. The van der Waals surface area contributed by atoms with Gasteiger partial charge in [-0.25, -0.2) is 9.13 Å². The Kier molecular flexibility index (Phi) is 33.7. The highest BCUT2D eigenvalue weighted by atomic mass is 31.2. The minimum absolute atomic E-state index is 0.0701. The molecule has 0 aromatic carbocycles. The molecule has 1 saturated carbocycles. The molecule has 21 heteroatoms. The molecule has 13 atom stereocenters. The van der Waals surface area contributed by atoms with Crippen LogP contribution in [0.4, 0.5) is 0 Å². The van der Waals surface area contributed by atoms with Crippen molar-refractivity contribution in [3.63, 3.8) is 0 Å². The zero-order valence-corrected chi connectivity index (χ0v) is 43.9. The van der Waals surface area contributed by atoms with Crippen LogP contribution in [-0.4, -0.2) is 137 Å². The third-order valence-corrected chi connectivity index (χ3v) is 13.8. The van der Waals surface area contributed by atoms with E-state index in [0.717, 1.165) is 57.4 Å². The van der Waals surface area contributed by atoms with Crippen LogP contribution in [0.15, 0.2) is 72.9 Å². The first-order valence-corrected chi connectivity index (χ1v) is 28.8. The van der Waals surface area contributed by atoms with Gasteiger partial charge in [-0.2, -0.15) is 0 Å². The normalized spacial score (nSPS) is 31.2. The van der Waals surface area contributed by atoms with Gasteiger partial charge < -0.3 is 59.9 Å². The highest BCUT2D eigenvalue weighted by Gasteiger charge is 2.51. The van der Waals surface area contributed by atoms with Crippen molar-refractivity contribution in [3.8, 4) is 0 Å². The molecule has 414 valence electrons. The average molecular weight is 1070 g/mol. The van der Waals surface area contributed by atoms with Crippen LogP contribution < -0.4 is 0 Å². The van der Waals surface area contributed by atoms with Crippen LogP contribution in [0.1, 0.15) is 149 Å². The Morgan fingerprint density at radius 1 is 0.792 bits per heavy atom. The molecule has 0 aromatic heterocycles. The van der Waals surface area contributed by atoms with Gasteiger partial charge in [0.2, 0.25) is 0 Å². The number of rotatable bonds is 25. The van der Waals surface area contributed by atoms with E-state index in [4.69, 9.17) is 23.0 Å². The lowest BCUT2D eigenvalue weighted by atomic mass is 9.83. The molecule has 72 heavy (non-hydrogen) atoms. The highest BCUT2D eigenvalue weighted by molar-refractivity contribution is 7.47. The van der Waals surface area contributed by atoms with Crippen molar-refractivity contribution in [2.75, 3.05) is 13.2 Å². The topological polar surface area (TPSA) is 317 Å². The van der Waals surface area contributed by atoms with Gasteiger partial charge in [-0.3, -0.25) is 23.2 Å². The number of phosphoric acid groups is 2. The van der Waals surface area contributed by atoms with E-state index < -0.39 is 120 Å². The van der Waals surface area contributed by atoms with Gasteiger partial charge in [0.25, 0.3) is 0 Å². The maximum Gasteiger partial charge on any atom is 0.472 e.